The predicted molar refractivity (Wildman–Crippen MR) is 86.2 cm³/mol. The third kappa shape index (κ3) is 3.47. The Morgan fingerprint density at radius 3 is 2.43 bits per heavy atom. The Hall–Kier alpha value is -0.490. The molecule has 0 spiro atoms. The van der Waals surface area contributed by atoms with Crippen LogP contribution in [0.5, 0.6) is 0 Å². The van der Waals surface area contributed by atoms with Gasteiger partial charge in [-0.3, -0.25) is 5.84 Å². The van der Waals surface area contributed by atoms with Gasteiger partial charge in [0.15, 0.2) is 0 Å². The van der Waals surface area contributed by atoms with Gasteiger partial charge in [-0.2, -0.15) is 0 Å². The average Bonchev–Trinajstić information content (AvgIpc) is 2.45. The topological polar surface area (TPSA) is 47.3 Å². The number of nitrogens with one attached hydrogen (secondary N) is 1. The van der Waals surface area contributed by atoms with Gasteiger partial charge in [-0.15, -0.1) is 0 Å². The van der Waals surface area contributed by atoms with E-state index < -0.39 is 5.60 Å². The highest BCUT2D eigenvalue weighted by Crippen LogP contribution is 2.47. The van der Waals surface area contributed by atoms with Crippen molar-refractivity contribution in [1.29, 1.82) is 0 Å². The summed E-state index contributed by atoms with van der Waals surface area (Å²) in [6.07, 6.45) is 3.79. The van der Waals surface area contributed by atoms with Crippen molar-refractivity contribution in [3.63, 3.8) is 0 Å². The quantitative estimate of drug-likeness (QED) is 0.629. The number of ether oxygens (including phenoxy) is 1. The molecular weight excluding hydrogens is 335 g/mol. The molecule has 1 unspecified atom stereocenters. The molecule has 3 nitrogen and oxygen atoms in total. The first-order valence-electron chi connectivity index (χ1n) is 7.30. The van der Waals surface area contributed by atoms with Crippen molar-refractivity contribution in [3.8, 4) is 0 Å². The second kappa shape index (κ2) is 6.32. The molecule has 0 heterocycles. The lowest BCUT2D eigenvalue weighted by Gasteiger charge is -2.47. The Morgan fingerprint density at radius 1 is 1.29 bits per heavy atom. The summed E-state index contributed by atoms with van der Waals surface area (Å²) in [6, 6.07) is 4.56. The first-order chi connectivity index (χ1) is 9.83. The Kier molecular flexibility index (Phi) is 5.08. The maximum absolute atomic E-state index is 14.2. The summed E-state index contributed by atoms with van der Waals surface area (Å²) in [5, 5.41) is 0. The Labute approximate surface area is 134 Å². The predicted octanol–water partition coefficient (Wildman–Crippen LogP) is 4.08. The molecule has 0 aromatic heterocycles. The van der Waals surface area contributed by atoms with Crippen LogP contribution in [0.15, 0.2) is 22.7 Å². The van der Waals surface area contributed by atoms with E-state index in [4.69, 9.17) is 10.6 Å². The van der Waals surface area contributed by atoms with Crippen molar-refractivity contribution >= 4 is 15.9 Å². The summed E-state index contributed by atoms with van der Waals surface area (Å²) < 4.78 is 20.9. The molecule has 1 fully saturated rings. The third-order valence-corrected chi connectivity index (χ3v) is 5.31. The molecule has 1 aromatic carbocycles. The second-order valence-electron chi connectivity index (χ2n) is 6.70. The van der Waals surface area contributed by atoms with Crippen LogP contribution in [0.4, 0.5) is 4.39 Å². The zero-order valence-electron chi connectivity index (χ0n) is 12.9. The van der Waals surface area contributed by atoms with Crippen molar-refractivity contribution in [2.24, 2.45) is 11.3 Å². The van der Waals surface area contributed by atoms with Gasteiger partial charge in [0, 0.05) is 17.1 Å². The smallest absolute Gasteiger partial charge is 0.128 e. The number of methoxy groups -OCH3 is 1. The minimum Gasteiger partial charge on any atom is -0.376 e. The van der Waals surface area contributed by atoms with Crippen molar-refractivity contribution < 1.29 is 9.13 Å². The van der Waals surface area contributed by atoms with Gasteiger partial charge in [0.25, 0.3) is 0 Å². The Bertz CT molecular complexity index is 497. The summed E-state index contributed by atoms with van der Waals surface area (Å²) in [6.45, 7) is 4.52. The highest BCUT2D eigenvalue weighted by molar-refractivity contribution is 9.10. The number of hydrogen-bond acceptors (Lipinski definition) is 3. The van der Waals surface area contributed by atoms with E-state index in [1.54, 1.807) is 19.2 Å². The molecule has 118 valence electrons. The van der Waals surface area contributed by atoms with Gasteiger partial charge in [-0.25, -0.2) is 9.82 Å². The lowest BCUT2D eigenvalue weighted by atomic mass is 9.67. The Balaban J connectivity index is 2.36. The van der Waals surface area contributed by atoms with Gasteiger partial charge in [0.05, 0.1) is 11.6 Å². The molecule has 1 aromatic rings. The van der Waals surface area contributed by atoms with Gasteiger partial charge in [0.1, 0.15) is 5.82 Å². The summed E-state index contributed by atoms with van der Waals surface area (Å²) in [5.41, 5.74) is 3.18. The molecule has 0 saturated heterocycles. The van der Waals surface area contributed by atoms with Gasteiger partial charge >= 0.3 is 0 Å². The van der Waals surface area contributed by atoms with Crippen LogP contribution < -0.4 is 11.3 Å². The molecule has 1 saturated carbocycles. The molecule has 0 radical (unpaired) electrons. The minimum atomic E-state index is -0.466. The standard InChI is InChI=1S/C16H24BrFN2O/c1-15(2)6-8-16(21-3,9-7-15)14(20-19)12-10-11(17)4-5-13(12)18/h4-5,10,14,20H,6-9,19H2,1-3H3. The lowest BCUT2D eigenvalue weighted by molar-refractivity contribution is -0.0883. The van der Waals surface area contributed by atoms with Crippen molar-refractivity contribution in [2.75, 3.05) is 7.11 Å². The summed E-state index contributed by atoms with van der Waals surface area (Å²) in [7, 11) is 1.69. The third-order valence-electron chi connectivity index (χ3n) is 4.82. The zero-order chi connectivity index (χ0) is 15.7. The summed E-state index contributed by atoms with van der Waals surface area (Å²) in [4.78, 5) is 0. The molecule has 0 bridgehead atoms. The van der Waals surface area contributed by atoms with E-state index >= 15 is 0 Å². The maximum Gasteiger partial charge on any atom is 0.128 e. The molecule has 1 atom stereocenters. The number of hydrazine groups is 1. The van der Waals surface area contributed by atoms with Crippen molar-refractivity contribution in [1.82, 2.24) is 5.43 Å². The summed E-state index contributed by atoms with van der Waals surface area (Å²) in [5.74, 6) is 5.51. The maximum atomic E-state index is 14.2. The van der Waals surface area contributed by atoms with Crippen LogP contribution in [0.25, 0.3) is 0 Å². The van der Waals surface area contributed by atoms with Gasteiger partial charge < -0.3 is 4.74 Å². The molecule has 0 amide bonds. The highest BCUT2D eigenvalue weighted by atomic mass is 79.9. The van der Waals surface area contributed by atoms with Crippen LogP contribution >= 0.6 is 15.9 Å². The van der Waals surface area contributed by atoms with Crippen LogP contribution in [0.2, 0.25) is 0 Å². The van der Waals surface area contributed by atoms with E-state index in [1.807, 2.05) is 0 Å². The highest BCUT2D eigenvalue weighted by Gasteiger charge is 2.45. The molecule has 0 aliphatic heterocycles. The van der Waals surface area contributed by atoms with Gasteiger partial charge in [-0.05, 0) is 49.3 Å². The molecular formula is C16H24BrFN2O. The van der Waals surface area contributed by atoms with E-state index in [9.17, 15) is 4.39 Å². The van der Waals surface area contributed by atoms with E-state index in [-0.39, 0.29) is 11.9 Å². The number of benzene rings is 1. The summed E-state index contributed by atoms with van der Waals surface area (Å²) >= 11 is 3.40. The SMILES string of the molecule is COC1(C(NN)c2cc(Br)ccc2F)CCC(C)(C)CC1. The molecule has 2 rings (SSSR count). The molecule has 1 aliphatic rings. The number of hydrogen-bond donors (Lipinski definition) is 2. The van der Waals surface area contributed by atoms with Crippen LogP contribution in [0.3, 0.4) is 0 Å². The lowest BCUT2D eigenvalue weighted by Crippen LogP contribution is -2.51. The van der Waals surface area contributed by atoms with E-state index in [0.717, 1.165) is 30.2 Å². The number of halogens is 2. The zero-order valence-corrected chi connectivity index (χ0v) is 14.5. The first kappa shape index (κ1) is 16.9. The number of rotatable bonds is 4. The largest absolute Gasteiger partial charge is 0.376 e. The van der Waals surface area contributed by atoms with E-state index in [2.05, 4.69) is 35.2 Å². The molecule has 1 aliphatic carbocycles. The van der Waals surface area contributed by atoms with Crippen LogP contribution in [-0.4, -0.2) is 12.7 Å². The Morgan fingerprint density at radius 2 is 1.90 bits per heavy atom. The van der Waals surface area contributed by atoms with Crippen LogP contribution in [-0.2, 0) is 4.74 Å². The van der Waals surface area contributed by atoms with Crippen LogP contribution in [0, 0.1) is 11.2 Å². The normalized spacial score (nSPS) is 22.0. The average molecular weight is 359 g/mol. The molecule has 3 N–H and O–H groups in total. The monoisotopic (exact) mass is 358 g/mol. The van der Waals surface area contributed by atoms with Crippen molar-refractivity contribution in [3.05, 3.63) is 34.1 Å². The van der Waals surface area contributed by atoms with E-state index in [0.29, 0.717) is 11.0 Å². The van der Waals surface area contributed by atoms with Gasteiger partial charge in [0.2, 0.25) is 0 Å². The molecule has 5 heteroatoms. The fourth-order valence-electron chi connectivity index (χ4n) is 3.22. The van der Waals surface area contributed by atoms with Crippen LogP contribution in [0.1, 0.15) is 51.1 Å². The minimum absolute atomic E-state index is 0.262. The second-order valence-corrected chi connectivity index (χ2v) is 7.61. The fourth-order valence-corrected chi connectivity index (χ4v) is 3.60. The number of nitrogens with two attached hydrogens (primary N) is 1. The van der Waals surface area contributed by atoms with Gasteiger partial charge in [-0.1, -0.05) is 29.8 Å². The van der Waals surface area contributed by atoms with E-state index in [1.165, 1.54) is 6.07 Å². The van der Waals surface area contributed by atoms with Crippen molar-refractivity contribution in [2.45, 2.75) is 51.2 Å². The first-order valence-corrected chi connectivity index (χ1v) is 8.09. The fraction of sp³-hybridized carbons (Fsp3) is 0.625. The molecule has 21 heavy (non-hydrogen) atoms.